The molecule has 2 aliphatic rings. The number of aliphatic imine (C=N–C) groups is 1. The highest BCUT2D eigenvalue weighted by Crippen LogP contribution is 2.36. The quantitative estimate of drug-likeness (QED) is 0.887. The van der Waals surface area contributed by atoms with Crippen LogP contribution in [0.25, 0.3) is 0 Å². The number of hydrogen-bond donors (Lipinski definition) is 1. The smallest absolute Gasteiger partial charge is 0.263 e. The number of benzene rings is 1. The van der Waals surface area contributed by atoms with E-state index in [2.05, 4.69) is 10.3 Å². The van der Waals surface area contributed by atoms with E-state index in [1.807, 2.05) is 13.1 Å². The predicted molar refractivity (Wildman–Crippen MR) is 77.0 cm³/mol. The molecule has 0 saturated heterocycles. The summed E-state index contributed by atoms with van der Waals surface area (Å²) in [7, 11) is 2.01. The van der Waals surface area contributed by atoms with E-state index in [1.54, 1.807) is 6.07 Å². The van der Waals surface area contributed by atoms with E-state index < -0.39 is 6.43 Å². The Balaban J connectivity index is 1.78. The number of hydrogen-bond acceptors (Lipinski definition) is 2. The van der Waals surface area contributed by atoms with Crippen molar-refractivity contribution < 1.29 is 8.78 Å². The number of nitrogens with one attached hydrogen (secondary N) is 1. The van der Waals surface area contributed by atoms with Crippen LogP contribution in [0.2, 0.25) is 0 Å². The molecule has 0 bridgehead atoms. The number of alkyl halides is 2. The van der Waals surface area contributed by atoms with E-state index >= 15 is 0 Å². The third-order valence-corrected chi connectivity index (χ3v) is 4.55. The van der Waals surface area contributed by atoms with Crippen molar-refractivity contribution in [3.05, 3.63) is 29.3 Å². The fourth-order valence-electron chi connectivity index (χ4n) is 3.35. The van der Waals surface area contributed by atoms with Crippen LogP contribution in [-0.2, 0) is 6.42 Å². The van der Waals surface area contributed by atoms with Gasteiger partial charge in [0, 0.05) is 23.7 Å². The minimum Gasteiger partial charge on any atom is -0.317 e. The van der Waals surface area contributed by atoms with Crippen molar-refractivity contribution in [3.8, 4) is 0 Å². The molecule has 20 heavy (non-hydrogen) atoms. The van der Waals surface area contributed by atoms with E-state index in [1.165, 1.54) is 31.0 Å². The van der Waals surface area contributed by atoms with Crippen molar-refractivity contribution in [1.29, 1.82) is 0 Å². The molecule has 108 valence electrons. The lowest BCUT2D eigenvalue weighted by Crippen LogP contribution is -2.34. The standard InChI is InChI=1S/C16H20F2N2/c1-19-13-4-2-3-10(7-13)14-8-11-5-6-12(16(17)18)9-15(11)20-14/h5-6,9-10,13,16,19H,2-4,7-8H2,1H3. The Morgan fingerprint density at radius 1 is 1.30 bits per heavy atom. The van der Waals surface area contributed by atoms with Crippen LogP contribution >= 0.6 is 0 Å². The average molecular weight is 278 g/mol. The van der Waals surface area contributed by atoms with Gasteiger partial charge in [0.25, 0.3) is 6.43 Å². The first-order valence-corrected chi connectivity index (χ1v) is 7.33. The van der Waals surface area contributed by atoms with Crippen molar-refractivity contribution in [3.63, 3.8) is 0 Å². The van der Waals surface area contributed by atoms with E-state index in [4.69, 9.17) is 0 Å². The van der Waals surface area contributed by atoms with Crippen LogP contribution in [0.15, 0.2) is 23.2 Å². The topological polar surface area (TPSA) is 24.4 Å². The minimum absolute atomic E-state index is 0.0745. The monoisotopic (exact) mass is 278 g/mol. The Bertz CT molecular complexity index is 525. The second-order valence-electron chi connectivity index (χ2n) is 5.82. The van der Waals surface area contributed by atoms with Crippen molar-refractivity contribution in [2.24, 2.45) is 10.9 Å². The largest absolute Gasteiger partial charge is 0.317 e. The number of nitrogens with zero attached hydrogens (tertiary/aromatic N) is 1. The third kappa shape index (κ3) is 2.62. The van der Waals surface area contributed by atoms with E-state index in [0.29, 0.717) is 12.0 Å². The molecule has 2 nitrogen and oxygen atoms in total. The van der Waals surface area contributed by atoms with Crippen LogP contribution < -0.4 is 5.32 Å². The Labute approximate surface area is 118 Å². The third-order valence-electron chi connectivity index (χ3n) is 4.55. The lowest BCUT2D eigenvalue weighted by Gasteiger charge is -2.28. The van der Waals surface area contributed by atoms with Gasteiger partial charge in [-0.05, 0) is 43.9 Å². The summed E-state index contributed by atoms with van der Waals surface area (Å²) in [6.45, 7) is 0. The summed E-state index contributed by atoms with van der Waals surface area (Å²) in [5, 5.41) is 3.35. The maximum atomic E-state index is 12.7. The van der Waals surface area contributed by atoms with Crippen molar-refractivity contribution in [1.82, 2.24) is 5.32 Å². The highest BCUT2D eigenvalue weighted by Gasteiger charge is 2.28. The second kappa shape index (κ2) is 5.60. The summed E-state index contributed by atoms with van der Waals surface area (Å²) in [5.41, 5.74) is 3.11. The molecule has 1 N–H and O–H groups in total. The molecule has 0 spiro atoms. The minimum atomic E-state index is -2.41. The van der Waals surface area contributed by atoms with E-state index in [9.17, 15) is 8.78 Å². The van der Waals surface area contributed by atoms with Crippen molar-refractivity contribution in [2.45, 2.75) is 44.6 Å². The molecular weight excluding hydrogens is 258 g/mol. The van der Waals surface area contributed by atoms with Crippen molar-refractivity contribution >= 4 is 11.4 Å². The Kier molecular flexibility index (Phi) is 3.83. The zero-order valence-electron chi connectivity index (χ0n) is 11.7. The van der Waals surface area contributed by atoms with Gasteiger partial charge in [-0.15, -0.1) is 0 Å². The van der Waals surface area contributed by atoms with Crippen LogP contribution in [-0.4, -0.2) is 18.8 Å². The highest BCUT2D eigenvalue weighted by molar-refractivity contribution is 5.95. The van der Waals surface area contributed by atoms with Gasteiger partial charge in [-0.3, -0.25) is 4.99 Å². The normalized spacial score (nSPS) is 25.7. The SMILES string of the molecule is CNC1CCCC(C2=Nc3cc(C(F)F)ccc3C2)C1. The van der Waals surface area contributed by atoms with E-state index in [0.717, 1.165) is 24.1 Å². The summed E-state index contributed by atoms with van der Waals surface area (Å²) < 4.78 is 25.5. The molecule has 0 amide bonds. The van der Waals surface area contributed by atoms with Gasteiger partial charge >= 0.3 is 0 Å². The second-order valence-corrected chi connectivity index (χ2v) is 5.82. The molecule has 1 saturated carbocycles. The zero-order valence-corrected chi connectivity index (χ0v) is 11.7. The molecule has 3 rings (SSSR count). The molecule has 0 aromatic heterocycles. The number of halogens is 2. The fraction of sp³-hybridized carbons (Fsp3) is 0.562. The first kappa shape index (κ1) is 13.7. The zero-order chi connectivity index (χ0) is 14.1. The first-order valence-electron chi connectivity index (χ1n) is 7.33. The molecule has 4 heteroatoms. The van der Waals surface area contributed by atoms with E-state index in [-0.39, 0.29) is 5.56 Å². The van der Waals surface area contributed by atoms with Gasteiger partial charge in [-0.25, -0.2) is 8.78 Å². The Morgan fingerprint density at radius 3 is 2.90 bits per heavy atom. The lowest BCUT2D eigenvalue weighted by atomic mass is 9.81. The predicted octanol–water partition coefficient (Wildman–Crippen LogP) is 4.03. The highest BCUT2D eigenvalue weighted by atomic mass is 19.3. The van der Waals surface area contributed by atoms with Crippen LogP contribution in [0, 0.1) is 5.92 Å². The fourth-order valence-corrected chi connectivity index (χ4v) is 3.35. The van der Waals surface area contributed by atoms with Gasteiger partial charge in [-0.2, -0.15) is 0 Å². The average Bonchev–Trinajstić information content (AvgIpc) is 2.90. The molecular formula is C16H20F2N2. The summed E-state index contributed by atoms with van der Waals surface area (Å²) in [6.07, 6.45) is 3.15. The summed E-state index contributed by atoms with van der Waals surface area (Å²) in [4.78, 5) is 4.64. The Hall–Kier alpha value is -1.29. The maximum absolute atomic E-state index is 12.7. The van der Waals surface area contributed by atoms with Gasteiger partial charge in [0.15, 0.2) is 0 Å². The Morgan fingerprint density at radius 2 is 2.15 bits per heavy atom. The molecule has 1 aliphatic carbocycles. The number of fused-ring (bicyclic) bond motifs is 1. The molecule has 2 unspecified atom stereocenters. The van der Waals surface area contributed by atoms with Crippen LogP contribution in [0.5, 0.6) is 0 Å². The summed E-state index contributed by atoms with van der Waals surface area (Å²) >= 11 is 0. The lowest BCUT2D eigenvalue weighted by molar-refractivity contribution is 0.151. The number of rotatable bonds is 3. The molecule has 2 atom stereocenters. The molecule has 1 aliphatic heterocycles. The molecule has 1 fully saturated rings. The molecule has 1 aromatic rings. The van der Waals surface area contributed by atoms with Crippen LogP contribution in [0.3, 0.4) is 0 Å². The first-order chi connectivity index (χ1) is 9.67. The summed E-state index contributed by atoms with van der Waals surface area (Å²) in [6, 6.07) is 5.45. The molecule has 1 heterocycles. The molecule has 0 radical (unpaired) electrons. The van der Waals surface area contributed by atoms with Crippen LogP contribution in [0.4, 0.5) is 14.5 Å². The van der Waals surface area contributed by atoms with Gasteiger partial charge in [-0.1, -0.05) is 18.6 Å². The summed E-state index contributed by atoms with van der Waals surface area (Å²) in [5.74, 6) is 0.503. The van der Waals surface area contributed by atoms with Gasteiger partial charge in [0.05, 0.1) is 5.69 Å². The van der Waals surface area contributed by atoms with Gasteiger partial charge in [0.2, 0.25) is 0 Å². The van der Waals surface area contributed by atoms with Crippen molar-refractivity contribution in [2.75, 3.05) is 7.05 Å². The maximum Gasteiger partial charge on any atom is 0.263 e. The van der Waals surface area contributed by atoms with Crippen LogP contribution in [0.1, 0.15) is 43.2 Å². The van der Waals surface area contributed by atoms with Gasteiger partial charge in [0.1, 0.15) is 0 Å². The molecule has 1 aromatic carbocycles. The van der Waals surface area contributed by atoms with Gasteiger partial charge < -0.3 is 5.32 Å².